The molecule has 2 saturated heterocycles. The Kier molecular flexibility index (Phi) is 8.31. The second kappa shape index (κ2) is 11.9. The van der Waals surface area contributed by atoms with Crippen molar-refractivity contribution in [3.63, 3.8) is 0 Å². The zero-order valence-electron chi connectivity index (χ0n) is 24.6. The van der Waals surface area contributed by atoms with Crippen molar-refractivity contribution in [3.8, 4) is 0 Å². The lowest BCUT2D eigenvalue weighted by atomic mass is 9.86. The van der Waals surface area contributed by atoms with Gasteiger partial charge in [-0.2, -0.15) is 0 Å². The Hall–Kier alpha value is -3.65. The van der Waals surface area contributed by atoms with Gasteiger partial charge in [0.25, 0.3) is 17.4 Å². The van der Waals surface area contributed by atoms with E-state index in [0.717, 1.165) is 6.07 Å². The summed E-state index contributed by atoms with van der Waals surface area (Å²) in [6, 6.07) is 3.62. The van der Waals surface area contributed by atoms with Crippen LogP contribution in [0.3, 0.4) is 0 Å². The zero-order valence-corrected chi connectivity index (χ0v) is 24.6. The number of H-pyrrole nitrogens is 1. The number of aryl methyl sites for hydroxylation is 1. The van der Waals surface area contributed by atoms with Crippen LogP contribution in [0.4, 0.5) is 32.2 Å². The highest BCUT2D eigenvalue weighted by Crippen LogP contribution is 2.41. The van der Waals surface area contributed by atoms with Crippen molar-refractivity contribution in [3.05, 3.63) is 81.2 Å². The number of piperidine rings is 2. The number of fused-ring (bicyclic) bond motifs is 1. The van der Waals surface area contributed by atoms with Gasteiger partial charge in [-0.25, -0.2) is 31.3 Å². The first-order valence-corrected chi connectivity index (χ1v) is 15.1. The molecule has 3 aliphatic rings. The zero-order chi connectivity index (χ0) is 32.1. The van der Waals surface area contributed by atoms with Gasteiger partial charge in [-0.05, 0) is 42.7 Å². The summed E-state index contributed by atoms with van der Waals surface area (Å²) in [5, 5.41) is 2.75. The minimum atomic E-state index is -3.11. The lowest BCUT2D eigenvalue weighted by molar-refractivity contribution is -0.125. The molecule has 8 nitrogen and oxygen atoms in total. The summed E-state index contributed by atoms with van der Waals surface area (Å²) in [4.78, 5) is 36.1. The maximum Gasteiger partial charge on any atom is 0.257 e. The number of benzene rings is 1. The van der Waals surface area contributed by atoms with Crippen LogP contribution in [0.1, 0.15) is 67.1 Å². The van der Waals surface area contributed by atoms with Crippen LogP contribution >= 0.6 is 0 Å². The van der Waals surface area contributed by atoms with Gasteiger partial charge in [-0.15, -0.1) is 0 Å². The van der Waals surface area contributed by atoms with Gasteiger partial charge in [0.05, 0.1) is 18.0 Å². The van der Waals surface area contributed by atoms with Crippen LogP contribution in [-0.2, 0) is 17.8 Å². The molecule has 0 radical (unpaired) electrons. The number of alkyl halides is 4. The number of carbonyl (C=O) groups excluding carboxylic acids is 1. The minimum absolute atomic E-state index is 0.0385. The molecular formula is C31H34F6N6O2. The Morgan fingerprint density at radius 1 is 1.04 bits per heavy atom. The summed E-state index contributed by atoms with van der Waals surface area (Å²) >= 11 is 0. The lowest BCUT2D eigenvalue weighted by Gasteiger charge is -2.40. The van der Waals surface area contributed by atoms with Crippen molar-refractivity contribution in [1.29, 1.82) is 0 Å². The molecule has 0 saturated carbocycles. The van der Waals surface area contributed by atoms with E-state index in [1.807, 2.05) is 0 Å². The molecule has 2 N–H and O–H groups in total. The van der Waals surface area contributed by atoms with Crippen molar-refractivity contribution >= 4 is 11.7 Å². The number of rotatable bonds is 7. The Balaban J connectivity index is 1.13. The van der Waals surface area contributed by atoms with Crippen LogP contribution in [0.5, 0.6) is 0 Å². The van der Waals surface area contributed by atoms with E-state index in [4.69, 9.17) is 0 Å². The number of pyridine rings is 1. The fraction of sp³-hybridized carbons (Fsp3) is 0.516. The predicted molar refractivity (Wildman–Crippen MR) is 154 cm³/mol. The number of hydrogen-bond donors (Lipinski definition) is 2. The molecule has 1 amide bonds. The molecule has 0 spiro atoms. The topological polar surface area (TPSA) is 86.3 Å². The Morgan fingerprint density at radius 2 is 1.76 bits per heavy atom. The average Bonchev–Trinajstić information content (AvgIpc) is 3.55. The second-order valence-corrected chi connectivity index (χ2v) is 12.4. The summed E-state index contributed by atoms with van der Waals surface area (Å²) in [5.74, 6) is -8.07. The molecule has 3 aromatic rings. The number of nitrogens with zero attached hydrogens (tertiary/aromatic N) is 4. The molecule has 0 bridgehead atoms. The lowest BCUT2D eigenvalue weighted by Crippen LogP contribution is -2.52. The fourth-order valence-electron chi connectivity index (χ4n) is 6.62. The summed E-state index contributed by atoms with van der Waals surface area (Å²) in [6.45, 7) is 1.69. The van der Waals surface area contributed by atoms with E-state index in [0.29, 0.717) is 24.2 Å². The van der Waals surface area contributed by atoms with Gasteiger partial charge in [0.15, 0.2) is 5.82 Å². The van der Waals surface area contributed by atoms with Crippen molar-refractivity contribution in [1.82, 2.24) is 24.3 Å². The van der Waals surface area contributed by atoms with E-state index in [-0.39, 0.29) is 68.6 Å². The first kappa shape index (κ1) is 31.3. The third-order valence-corrected chi connectivity index (χ3v) is 9.28. The van der Waals surface area contributed by atoms with Gasteiger partial charge in [-0.3, -0.25) is 19.4 Å². The normalized spacial score (nSPS) is 23.9. The highest BCUT2D eigenvalue weighted by Gasteiger charge is 2.47. The fourth-order valence-corrected chi connectivity index (χ4v) is 6.62. The van der Waals surface area contributed by atoms with Gasteiger partial charge in [0.1, 0.15) is 17.5 Å². The number of aromatic nitrogens is 3. The number of imidazole rings is 1. The van der Waals surface area contributed by atoms with Crippen molar-refractivity contribution < 1.29 is 31.1 Å². The molecule has 0 aliphatic carbocycles. The summed E-state index contributed by atoms with van der Waals surface area (Å²) in [5.41, 5.74) is 0.428. The van der Waals surface area contributed by atoms with Gasteiger partial charge >= 0.3 is 0 Å². The molecule has 2 fully saturated rings. The van der Waals surface area contributed by atoms with Crippen LogP contribution in [-0.4, -0.2) is 74.3 Å². The minimum Gasteiger partial charge on any atom is -0.329 e. The van der Waals surface area contributed by atoms with E-state index < -0.39 is 53.3 Å². The summed E-state index contributed by atoms with van der Waals surface area (Å²) < 4.78 is 87.1. The molecule has 3 atom stereocenters. The number of likely N-dealkylation sites (tertiary alicyclic amines) is 2. The summed E-state index contributed by atoms with van der Waals surface area (Å²) in [6.07, 6.45) is 2.86. The van der Waals surface area contributed by atoms with Crippen molar-refractivity contribution in [2.75, 3.05) is 31.5 Å². The maximum absolute atomic E-state index is 15.3. The molecular weight excluding hydrogens is 602 g/mol. The third kappa shape index (κ3) is 6.67. The van der Waals surface area contributed by atoms with E-state index >= 15 is 8.78 Å². The van der Waals surface area contributed by atoms with Crippen LogP contribution in [0.15, 0.2) is 41.5 Å². The monoisotopic (exact) mass is 636 g/mol. The molecule has 14 heteroatoms. The molecule has 1 unspecified atom stereocenters. The first-order valence-electron chi connectivity index (χ1n) is 15.1. The SMILES string of the molecule is C[C@@H](C(=O)Nc1cn2c(n1)CC[C@@H]2c1cc(F)cc(F)c1)N1CCC(F)(F)C(c2c[nH]c(=O)c(CN3CCC(F)(F)CC3)c2)C1. The number of aromatic amines is 1. The Morgan fingerprint density at radius 3 is 2.47 bits per heavy atom. The van der Waals surface area contributed by atoms with Gasteiger partial charge in [0.2, 0.25) is 5.91 Å². The van der Waals surface area contributed by atoms with E-state index in [1.54, 1.807) is 27.5 Å². The average molecular weight is 637 g/mol. The van der Waals surface area contributed by atoms with Gasteiger partial charge in [-0.1, -0.05) is 0 Å². The molecule has 45 heavy (non-hydrogen) atoms. The standard InChI is InChI=1S/C31H34F6N6O2/c1-18(28(44)40-26-17-43-25(2-3-27(43)39-26)19-11-22(32)13-23(33)12-19)42-9-6-31(36,37)24(16-42)20-10-21(29(45)38-14-20)15-41-7-4-30(34,35)5-8-41/h10-14,17-18,24-25H,2-9,15-16H2,1H3,(H,38,45)(H,40,44)/t18-,24?,25+/m0/s1. The van der Waals surface area contributed by atoms with Crippen LogP contribution in [0, 0.1) is 11.6 Å². The molecule has 3 aliphatic heterocycles. The van der Waals surface area contributed by atoms with Crippen LogP contribution in [0.2, 0.25) is 0 Å². The van der Waals surface area contributed by atoms with Gasteiger partial charge < -0.3 is 14.9 Å². The van der Waals surface area contributed by atoms with E-state index in [1.165, 1.54) is 24.4 Å². The largest absolute Gasteiger partial charge is 0.329 e. The molecule has 242 valence electrons. The highest BCUT2D eigenvalue weighted by molar-refractivity contribution is 5.93. The Bertz CT molecular complexity index is 1610. The summed E-state index contributed by atoms with van der Waals surface area (Å²) in [7, 11) is 0. The number of nitrogens with one attached hydrogen (secondary N) is 2. The Labute approximate surface area is 255 Å². The molecule has 2 aromatic heterocycles. The molecule has 6 rings (SSSR count). The highest BCUT2D eigenvalue weighted by atomic mass is 19.3. The maximum atomic E-state index is 15.3. The first-order chi connectivity index (χ1) is 21.3. The molecule has 5 heterocycles. The number of anilines is 1. The second-order valence-electron chi connectivity index (χ2n) is 12.4. The number of amides is 1. The van der Waals surface area contributed by atoms with E-state index in [9.17, 15) is 27.2 Å². The third-order valence-electron chi connectivity index (χ3n) is 9.28. The molecule has 1 aromatic carbocycles. The van der Waals surface area contributed by atoms with Crippen molar-refractivity contribution in [2.24, 2.45) is 0 Å². The van der Waals surface area contributed by atoms with Crippen LogP contribution < -0.4 is 10.9 Å². The van der Waals surface area contributed by atoms with E-state index in [2.05, 4.69) is 15.3 Å². The number of halogens is 6. The smallest absolute Gasteiger partial charge is 0.257 e. The predicted octanol–water partition coefficient (Wildman–Crippen LogP) is 5.07. The van der Waals surface area contributed by atoms with Gasteiger partial charge in [0, 0.05) is 82.4 Å². The van der Waals surface area contributed by atoms with Crippen LogP contribution in [0.25, 0.3) is 0 Å². The quantitative estimate of drug-likeness (QED) is 0.354. The number of carbonyl (C=O) groups is 1. The number of hydrogen-bond acceptors (Lipinski definition) is 5. The van der Waals surface area contributed by atoms with Crippen molar-refractivity contribution in [2.45, 2.75) is 75.4 Å².